The lowest BCUT2D eigenvalue weighted by molar-refractivity contribution is -0.255. The Morgan fingerprint density at radius 1 is 1.24 bits per heavy atom. The molecule has 4 rings (SSSR count). The van der Waals surface area contributed by atoms with E-state index in [-0.39, 0.29) is 37.0 Å². The lowest BCUT2D eigenvalue weighted by Gasteiger charge is -2.42. The molecule has 156 valence electrons. The molecule has 9 nitrogen and oxygen atoms in total. The Labute approximate surface area is 173 Å². The van der Waals surface area contributed by atoms with E-state index in [9.17, 15) is 13.2 Å². The van der Waals surface area contributed by atoms with Crippen LogP contribution in [-0.2, 0) is 19.5 Å². The van der Waals surface area contributed by atoms with Crippen molar-refractivity contribution in [1.29, 1.82) is 0 Å². The molecule has 2 fully saturated rings. The third kappa shape index (κ3) is 4.19. The summed E-state index contributed by atoms with van der Waals surface area (Å²) in [6.45, 7) is 3.25. The number of aryl methyl sites for hydroxylation is 1. The molecule has 2 aromatic rings. The Hall–Kier alpha value is -1.92. The number of morpholine rings is 1. The van der Waals surface area contributed by atoms with Crippen molar-refractivity contribution in [3.63, 3.8) is 0 Å². The zero-order chi connectivity index (χ0) is 20.5. The maximum Gasteiger partial charge on any atom is 0.273 e. The molecule has 0 saturated carbocycles. The third-order valence-corrected chi connectivity index (χ3v) is 7.49. The minimum Gasteiger partial charge on any atom is -0.347 e. The average Bonchev–Trinajstić information content (AvgIpc) is 3.06. The zero-order valence-electron chi connectivity index (χ0n) is 16.0. The molecule has 1 spiro atoms. The molecule has 4 heterocycles. The van der Waals surface area contributed by atoms with E-state index in [0.29, 0.717) is 25.3 Å². The minimum absolute atomic E-state index is 0.00407. The summed E-state index contributed by atoms with van der Waals surface area (Å²) >= 11 is 1.42. The van der Waals surface area contributed by atoms with Gasteiger partial charge in [0, 0.05) is 30.9 Å². The van der Waals surface area contributed by atoms with Crippen LogP contribution in [0.25, 0.3) is 0 Å². The lowest BCUT2D eigenvalue weighted by atomic mass is 10.2. The van der Waals surface area contributed by atoms with Gasteiger partial charge in [0.2, 0.25) is 10.0 Å². The lowest BCUT2D eigenvalue weighted by Crippen LogP contribution is -2.59. The fourth-order valence-electron chi connectivity index (χ4n) is 3.49. The number of sulfonamides is 1. The van der Waals surface area contributed by atoms with Gasteiger partial charge in [0.15, 0.2) is 5.79 Å². The van der Waals surface area contributed by atoms with Gasteiger partial charge in [-0.25, -0.2) is 13.4 Å². The van der Waals surface area contributed by atoms with Gasteiger partial charge in [-0.15, -0.1) is 11.3 Å². The normalized spacial score (nSPS) is 23.8. The summed E-state index contributed by atoms with van der Waals surface area (Å²) in [4.78, 5) is 22.9. The van der Waals surface area contributed by atoms with Crippen LogP contribution < -0.4 is 0 Å². The standard InChI is InChI=1S/C18H22N4O5S2/c1-14-20-16(11-28-14)17(23)21-6-3-8-26-18(12-21)13-22(7-9-27-18)29(24,25)15-4-2-5-19-10-15/h2,4-5,10-11H,3,6-9,12-13H2,1H3. The largest absolute Gasteiger partial charge is 0.347 e. The SMILES string of the molecule is Cc1nc(C(=O)N2CCCOC3(C2)CN(S(=O)(=O)c2cccnc2)CCO3)cs1. The first kappa shape index (κ1) is 20.4. The summed E-state index contributed by atoms with van der Waals surface area (Å²) in [6, 6.07) is 3.10. The highest BCUT2D eigenvalue weighted by Crippen LogP contribution is 2.28. The number of pyridine rings is 1. The molecule has 1 unspecified atom stereocenters. The summed E-state index contributed by atoms with van der Waals surface area (Å²) in [5.74, 6) is -1.40. The summed E-state index contributed by atoms with van der Waals surface area (Å²) in [6.07, 6.45) is 3.49. The van der Waals surface area contributed by atoms with Crippen LogP contribution in [0, 0.1) is 6.92 Å². The van der Waals surface area contributed by atoms with Crippen LogP contribution in [0.5, 0.6) is 0 Å². The van der Waals surface area contributed by atoms with E-state index in [1.54, 1.807) is 16.3 Å². The highest BCUT2D eigenvalue weighted by Gasteiger charge is 2.45. The predicted molar refractivity (Wildman–Crippen MR) is 105 cm³/mol. The molecule has 2 aliphatic rings. The van der Waals surface area contributed by atoms with Gasteiger partial charge >= 0.3 is 0 Å². The van der Waals surface area contributed by atoms with Crippen LogP contribution in [0.1, 0.15) is 21.9 Å². The smallest absolute Gasteiger partial charge is 0.273 e. The molecule has 0 radical (unpaired) electrons. The van der Waals surface area contributed by atoms with Crippen LogP contribution in [0.15, 0.2) is 34.8 Å². The number of rotatable bonds is 3. The molecule has 1 atom stereocenters. The molecule has 0 aliphatic carbocycles. The summed E-state index contributed by atoms with van der Waals surface area (Å²) < 4.78 is 39.3. The Balaban J connectivity index is 1.56. The molecule has 0 N–H and O–H groups in total. The highest BCUT2D eigenvalue weighted by atomic mass is 32.2. The van der Waals surface area contributed by atoms with Gasteiger partial charge in [0.05, 0.1) is 31.3 Å². The number of aromatic nitrogens is 2. The monoisotopic (exact) mass is 438 g/mol. The third-order valence-electron chi connectivity index (χ3n) is 4.89. The van der Waals surface area contributed by atoms with Crippen molar-refractivity contribution in [3.8, 4) is 0 Å². The Bertz CT molecular complexity index is 981. The minimum atomic E-state index is -3.74. The molecule has 11 heteroatoms. The molecule has 0 bridgehead atoms. The number of ether oxygens (including phenoxy) is 2. The van der Waals surface area contributed by atoms with E-state index in [1.165, 1.54) is 34.1 Å². The second-order valence-electron chi connectivity index (χ2n) is 6.97. The molecule has 0 aromatic carbocycles. The van der Waals surface area contributed by atoms with Gasteiger partial charge in [0.1, 0.15) is 10.6 Å². The van der Waals surface area contributed by atoms with Crippen LogP contribution >= 0.6 is 11.3 Å². The number of nitrogens with zero attached hydrogens (tertiary/aromatic N) is 4. The molecule has 29 heavy (non-hydrogen) atoms. The number of amides is 1. The van der Waals surface area contributed by atoms with Crippen molar-refractivity contribution in [2.75, 3.05) is 39.4 Å². The first-order valence-corrected chi connectivity index (χ1v) is 11.6. The van der Waals surface area contributed by atoms with Crippen LogP contribution in [0.4, 0.5) is 0 Å². The topological polar surface area (TPSA) is 102 Å². The molecule has 2 aliphatic heterocycles. The van der Waals surface area contributed by atoms with Gasteiger partial charge in [-0.1, -0.05) is 0 Å². The molecule has 2 saturated heterocycles. The van der Waals surface area contributed by atoms with Crippen molar-refractivity contribution in [1.82, 2.24) is 19.2 Å². The fourth-order valence-corrected chi connectivity index (χ4v) is 5.50. The van der Waals surface area contributed by atoms with Crippen LogP contribution in [0.2, 0.25) is 0 Å². The zero-order valence-corrected chi connectivity index (χ0v) is 17.6. The Morgan fingerprint density at radius 2 is 2.07 bits per heavy atom. The first-order valence-electron chi connectivity index (χ1n) is 9.29. The number of carbonyl (C=O) groups excluding carboxylic acids is 1. The second kappa shape index (κ2) is 8.07. The molecule has 1 amide bonds. The van der Waals surface area contributed by atoms with Crippen molar-refractivity contribution in [2.45, 2.75) is 24.0 Å². The quantitative estimate of drug-likeness (QED) is 0.708. The Morgan fingerprint density at radius 3 is 2.79 bits per heavy atom. The van der Waals surface area contributed by atoms with Crippen molar-refractivity contribution < 1.29 is 22.7 Å². The first-order chi connectivity index (χ1) is 13.9. The summed E-state index contributed by atoms with van der Waals surface area (Å²) in [5.41, 5.74) is 0.389. The van der Waals surface area contributed by atoms with E-state index in [2.05, 4.69) is 9.97 Å². The van der Waals surface area contributed by atoms with Crippen LogP contribution in [0.3, 0.4) is 0 Å². The van der Waals surface area contributed by atoms with Gasteiger partial charge in [-0.05, 0) is 25.5 Å². The average molecular weight is 439 g/mol. The van der Waals surface area contributed by atoms with E-state index in [0.717, 1.165) is 5.01 Å². The number of hydrogen-bond acceptors (Lipinski definition) is 8. The number of hydrogen-bond donors (Lipinski definition) is 0. The Kier molecular flexibility index (Phi) is 5.67. The predicted octanol–water partition coefficient (Wildman–Crippen LogP) is 1.13. The van der Waals surface area contributed by atoms with Gasteiger partial charge < -0.3 is 14.4 Å². The van der Waals surface area contributed by atoms with Gasteiger partial charge in [-0.3, -0.25) is 9.78 Å². The number of thiazole rings is 1. The van der Waals surface area contributed by atoms with E-state index < -0.39 is 15.8 Å². The maximum atomic E-state index is 13.0. The highest BCUT2D eigenvalue weighted by molar-refractivity contribution is 7.89. The van der Waals surface area contributed by atoms with E-state index in [1.807, 2.05) is 6.92 Å². The molecular weight excluding hydrogens is 416 g/mol. The fraction of sp³-hybridized carbons (Fsp3) is 0.500. The van der Waals surface area contributed by atoms with Crippen LogP contribution in [-0.4, -0.2) is 78.7 Å². The summed E-state index contributed by atoms with van der Waals surface area (Å²) in [7, 11) is -3.74. The van der Waals surface area contributed by atoms with Crippen molar-refractivity contribution >= 4 is 27.3 Å². The second-order valence-corrected chi connectivity index (χ2v) is 9.97. The van der Waals surface area contributed by atoms with Gasteiger partial charge in [0.25, 0.3) is 5.91 Å². The van der Waals surface area contributed by atoms with Crippen molar-refractivity contribution in [3.05, 3.63) is 40.6 Å². The molecule has 2 aromatic heterocycles. The summed E-state index contributed by atoms with van der Waals surface area (Å²) in [5, 5.41) is 2.55. The van der Waals surface area contributed by atoms with E-state index >= 15 is 0 Å². The maximum absolute atomic E-state index is 13.0. The van der Waals surface area contributed by atoms with E-state index in [4.69, 9.17) is 9.47 Å². The number of carbonyl (C=O) groups is 1. The van der Waals surface area contributed by atoms with Crippen molar-refractivity contribution in [2.24, 2.45) is 0 Å². The molecular formula is C18H22N4O5S2. The van der Waals surface area contributed by atoms with Gasteiger partial charge in [-0.2, -0.15) is 4.31 Å².